The third-order valence-corrected chi connectivity index (χ3v) is 9.19. The quantitative estimate of drug-likeness (QED) is 0.537. The third-order valence-electron chi connectivity index (χ3n) is 9.19. The van der Waals surface area contributed by atoms with Crippen molar-refractivity contribution in [1.82, 2.24) is 0 Å². The molecule has 6 atom stereocenters. The van der Waals surface area contributed by atoms with E-state index < -0.39 is 0 Å². The molecule has 1 heteroatoms. The summed E-state index contributed by atoms with van der Waals surface area (Å²) in [7, 11) is 0. The molecule has 0 saturated heterocycles. The van der Waals surface area contributed by atoms with Gasteiger partial charge in [0, 0.05) is 6.42 Å². The molecular formula is C24H36O. The van der Waals surface area contributed by atoms with Gasteiger partial charge in [-0.2, -0.15) is 0 Å². The topological polar surface area (TPSA) is 17.1 Å². The third kappa shape index (κ3) is 2.60. The lowest BCUT2D eigenvalue weighted by Crippen LogP contribution is -2.50. The molecule has 0 aliphatic heterocycles. The van der Waals surface area contributed by atoms with Crippen molar-refractivity contribution in [3.63, 3.8) is 0 Å². The molecule has 0 N–H and O–H groups in total. The maximum Gasteiger partial charge on any atom is 0.155 e. The van der Waals surface area contributed by atoms with Crippen LogP contribution in [0, 0.1) is 34.5 Å². The molecule has 0 heterocycles. The number of carbonyl (C=O) groups excluding carboxylic acids is 1. The van der Waals surface area contributed by atoms with Gasteiger partial charge in [0.05, 0.1) is 0 Å². The first kappa shape index (κ1) is 17.6. The standard InChI is InChI=1S/C24H36O/c1-5-16(2)14-17-7-9-21-20-8-6-18-15-19(25)10-12-23(18,3)22(20)11-13-24(17,21)4/h15,17,20-22H,2,5-14H2,1,3-4H3. The minimum Gasteiger partial charge on any atom is -0.295 e. The lowest BCUT2D eigenvalue weighted by atomic mass is 9.46. The summed E-state index contributed by atoms with van der Waals surface area (Å²) in [6.45, 7) is 11.7. The van der Waals surface area contributed by atoms with E-state index >= 15 is 0 Å². The molecule has 1 nitrogen and oxygen atoms in total. The van der Waals surface area contributed by atoms with Crippen LogP contribution >= 0.6 is 0 Å². The van der Waals surface area contributed by atoms with E-state index in [1.807, 2.05) is 6.08 Å². The molecule has 4 aliphatic carbocycles. The van der Waals surface area contributed by atoms with Gasteiger partial charge in [0.1, 0.15) is 0 Å². The zero-order chi connectivity index (χ0) is 17.8. The Labute approximate surface area is 154 Å². The van der Waals surface area contributed by atoms with Crippen molar-refractivity contribution in [2.45, 2.75) is 85.0 Å². The highest BCUT2D eigenvalue weighted by molar-refractivity contribution is 5.91. The Bertz CT molecular complexity index is 614. The first-order valence-corrected chi connectivity index (χ1v) is 10.8. The summed E-state index contributed by atoms with van der Waals surface area (Å²) in [6.07, 6.45) is 14.5. The van der Waals surface area contributed by atoms with E-state index in [0.717, 1.165) is 42.9 Å². The van der Waals surface area contributed by atoms with Gasteiger partial charge in [-0.1, -0.05) is 38.5 Å². The van der Waals surface area contributed by atoms with Crippen molar-refractivity contribution < 1.29 is 4.79 Å². The molecule has 0 bridgehead atoms. The molecular weight excluding hydrogens is 304 g/mol. The van der Waals surface area contributed by atoms with Gasteiger partial charge in [-0.25, -0.2) is 0 Å². The molecule has 4 rings (SSSR count). The van der Waals surface area contributed by atoms with E-state index in [-0.39, 0.29) is 0 Å². The number of ketones is 1. The van der Waals surface area contributed by atoms with Crippen LogP contribution in [-0.4, -0.2) is 5.78 Å². The van der Waals surface area contributed by atoms with Crippen LogP contribution in [0.1, 0.15) is 85.0 Å². The average Bonchev–Trinajstić information content (AvgIpc) is 2.92. The predicted octanol–water partition coefficient (Wildman–Crippen LogP) is 6.49. The van der Waals surface area contributed by atoms with E-state index in [4.69, 9.17) is 0 Å². The highest BCUT2D eigenvalue weighted by atomic mass is 16.1. The molecule has 0 aromatic rings. The van der Waals surface area contributed by atoms with E-state index in [1.165, 1.54) is 56.1 Å². The zero-order valence-corrected chi connectivity index (χ0v) is 16.6. The Kier molecular flexibility index (Phi) is 4.28. The second-order valence-electron chi connectivity index (χ2n) is 10.1. The number of hydrogen-bond donors (Lipinski definition) is 0. The Morgan fingerprint density at radius 3 is 2.68 bits per heavy atom. The molecule has 0 aromatic carbocycles. The first-order valence-electron chi connectivity index (χ1n) is 10.8. The second kappa shape index (κ2) is 6.10. The van der Waals surface area contributed by atoms with E-state index in [2.05, 4.69) is 27.4 Å². The summed E-state index contributed by atoms with van der Waals surface area (Å²) in [5.74, 6) is 3.88. The summed E-state index contributed by atoms with van der Waals surface area (Å²) in [5.41, 5.74) is 3.83. The number of carbonyl (C=O) groups is 1. The molecule has 25 heavy (non-hydrogen) atoms. The van der Waals surface area contributed by atoms with Gasteiger partial charge >= 0.3 is 0 Å². The van der Waals surface area contributed by atoms with Crippen LogP contribution in [0.4, 0.5) is 0 Å². The molecule has 0 spiro atoms. The molecule has 138 valence electrons. The fraction of sp³-hybridized carbons (Fsp3) is 0.792. The Hall–Kier alpha value is -0.850. The summed E-state index contributed by atoms with van der Waals surface area (Å²) in [6, 6.07) is 0. The van der Waals surface area contributed by atoms with Gasteiger partial charge in [0.25, 0.3) is 0 Å². The molecule has 3 fully saturated rings. The normalized spacial score (nSPS) is 46.0. The predicted molar refractivity (Wildman–Crippen MR) is 104 cm³/mol. The number of hydrogen-bond acceptors (Lipinski definition) is 1. The largest absolute Gasteiger partial charge is 0.295 e. The van der Waals surface area contributed by atoms with E-state index in [1.54, 1.807) is 0 Å². The molecule has 0 aromatic heterocycles. The Balaban J connectivity index is 1.59. The van der Waals surface area contributed by atoms with Gasteiger partial charge < -0.3 is 0 Å². The van der Waals surface area contributed by atoms with Crippen molar-refractivity contribution in [1.29, 1.82) is 0 Å². The minimum absolute atomic E-state index is 0.323. The fourth-order valence-electron chi connectivity index (χ4n) is 7.50. The minimum atomic E-state index is 0.323. The lowest BCUT2D eigenvalue weighted by molar-refractivity contribution is -0.117. The molecule has 6 unspecified atom stereocenters. The van der Waals surface area contributed by atoms with E-state index in [9.17, 15) is 4.79 Å². The Morgan fingerprint density at radius 2 is 1.92 bits per heavy atom. The van der Waals surface area contributed by atoms with Crippen LogP contribution in [0.5, 0.6) is 0 Å². The fourth-order valence-corrected chi connectivity index (χ4v) is 7.50. The van der Waals surface area contributed by atoms with Crippen LogP contribution in [0.2, 0.25) is 0 Å². The maximum absolute atomic E-state index is 11.9. The number of rotatable bonds is 3. The van der Waals surface area contributed by atoms with Gasteiger partial charge in [0.2, 0.25) is 0 Å². The first-order chi connectivity index (χ1) is 11.9. The number of fused-ring (bicyclic) bond motifs is 5. The van der Waals surface area contributed by atoms with Crippen LogP contribution in [0.3, 0.4) is 0 Å². The summed E-state index contributed by atoms with van der Waals surface area (Å²) in [4.78, 5) is 11.9. The van der Waals surface area contributed by atoms with Crippen molar-refractivity contribution in [2.75, 3.05) is 0 Å². The highest BCUT2D eigenvalue weighted by Crippen LogP contribution is 2.67. The van der Waals surface area contributed by atoms with Crippen molar-refractivity contribution in [3.8, 4) is 0 Å². The molecule has 0 radical (unpaired) electrons. The lowest BCUT2D eigenvalue weighted by Gasteiger charge is -2.58. The van der Waals surface area contributed by atoms with E-state index in [0.29, 0.717) is 16.6 Å². The Morgan fingerprint density at radius 1 is 1.12 bits per heavy atom. The smallest absolute Gasteiger partial charge is 0.155 e. The summed E-state index contributed by atoms with van der Waals surface area (Å²) in [5, 5.41) is 0. The van der Waals surface area contributed by atoms with Crippen molar-refractivity contribution in [3.05, 3.63) is 23.8 Å². The van der Waals surface area contributed by atoms with Crippen LogP contribution < -0.4 is 0 Å². The zero-order valence-electron chi connectivity index (χ0n) is 16.6. The highest BCUT2D eigenvalue weighted by Gasteiger charge is 2.58. The monoisotopic (exact) mass is 340 g/mol. The second-order valence-corrected chi connectivity index (χ2v) is 10.1. The van der Waals surface area contributed by atoms with Gasteiger partial charge in [0.15, 0.2) is 5.78 Å². The molecule has 4 aliphatic rings. The summed E-state index contributed by atoms with van der Waals surface area (Å²) >= 11 is 0. The van der Waals surface area contributed by atoms with Gasteiger partial charge in [-0.15, -0.1) is 0 Å². The van der Waals surface area contributed by atoms with Crippen LogP contribution in [-0.2, 0) is 4.79 Å². The maximum atomic E-state index is 11.9. The molecule has 0 amide bonds. The van der Waals surface area contributed by atoms with Crippen molar-refractivity contribution in [2.24, 2.45) is 34.5 Å². The van der Waals surface area contributed by atoms with Crippen LogP contribution in [0.25, 0.3) is 0 Å². The van der Waals surface area contributed by atoms with Gasteiger partial charge in [-0.3, -0.25) is 4.79 Å². The molecule has 3 saturated carbocycles. The number of allylic oxidation sites excluding steroid dienone is 2. The van der Waals surface area contributed by atoms with Gasteiger partial charge in [-0.05, 0) is 98.4 Å². The SMILES string of the molecule is C=C(CC)CC1CCC2C3CCC4=CC(=O)CCC4(C)C3CCC12C. The average molecular weight is 341 g/mol. The van der Waals surface area contributed by atoms with Crippen molar-refractivity contribution >= 4 is 5.78 Å². The van der Waals surface area contributed by atoms with Crippen LogP contribution in [0.15, 0.2) is 23.8 Å². The summed E-state index contributed by atoms with van der Waals surface area (Å²) < 4.78 is 0.